The summed E-state index contributed by atoms with van der Waals surface area (Å²) < 4.78 is 22.3. The van der Waals surface area contributed by atoms with Gasteiger partial charge in [-0.15, -0.1) is 11.6 Å². The van der Waals surface area contributed by atoms with Gasteiger partial charge in [-0.25, -0.2) is 8.42 Å². The van der Waals surface area contributed by atoms with Crippen LogP contribution in [0.3, 0.4) is 0 Å². The van der Waals surface area contributed by atoms with Gasteiger partial charge in [-0.1, -0.05) is 20.8 Å². The molecule has 0 saturated heterocycles. The first-order valence-corrected chi connectivity index (χ1v) is 7.66. The summed E-state index contributed by atoms with van der Waals surface area (Å²) in [5.41, 5.74) is 0.0746. The minimum atomic E-state index is -2.81. The standard InChI is InChI=1S/C10H22ClNO2S/c1-4-15(13,14)7-5-6-12-9-10(2,3)8-11/h12H,4-9H2,1-3H3. The Morgan fingerprint density at radius 1 is 1.33 bits per heavy atom. The molecule has 3 nitrogen and oxygen atoms in total. The second kappa shape index (κ2) is 6.71. The summed E-state index contributed by atoms with van der Waals surface area (Å²) in [6.45, 7) is 7.40. The molecule has 92 valence electrons. The largest absolute Gasteiger partial charge is 0.316 e. The molecule has 0 bridgehead atoms. The molecule has 0 fully saturated rings. The van der Waals surface area contributed by atoms with Crippen molar-refractivity contribution in [3.8, 4) is 0 Å². The van der Waals surface area contributed by atoms with Crippen LogP contribution < -0.4 is 5.32 Å². The zero-order valence-corrected chi connectivity index (χ0v) is 11.4. The van der Waals surface area contributed by atoms with E-state index in [1.807, 2.05) is 0 Å². The molecule has 0 spiro atoms. The number of hydrogen-bond acceptors (Lipinski definition) is 3. The Morgan fingerprint density at radius 3 is 2.40 bits per heavy atom. The number of alkyl halides is 1. The molecule has 0 aliphatic carbocycles. The van der Waals surface area contributed by atoms with Gasteiger partial charge in [-0.05, 0) is 18.4 Å². The van der Waals surface area contributed by atoms with Crippen LogP contribution in [0.1, 0.15) is 27.2 Å². The summed E-state index contributed by atoms with van der Waals surface area (Å²) in [6.07, 6.45) is 0.675. The molecule has 5 heteroatoms. The van der Waals surface area contributed by atoms with E-state index in [0.717, 1.165) is 13.1 Å². The van der Waals surface area contributed by atoms with E-state index in [1.54, 1.807) is 6.92 Å². The molecule has 0 aliphatic heterocycles. The lowest BCUT2D eigenvalue weighted by Gasteiger charge is -2.21. The molecule has 0 aromatic heterocycles. The van der Waals surface area contributed by atoms with Crippen LogP contribution in [-0.4, -0.2) is 38.9 Å². The van der Waals surface area contributed by atoms with E-state index in [9.17, 15) is 8.42 Å². The normalized spacial score (nSPS) is 13.1. The maximum Gasteiger partial charge on any atom is 0.150 e. The highest BCUT2D eigenvalue weighted by molar-refractivity contribution is 7.91. The van der Waals surface area contributed by atoms with Gasteiger partial charge in [0, 0.05) is 18.2 Å². The molecule has 0 aromatic carbocycles. The second-order valence-corrected chi connectivity index (χ2v) is 7.30. The molecule has 0 atom stereocenters. The Morgan fingerprint density at radius 2 is 1.93 bits per heavy atom. The highest BCUT2D eigenvalue weighted by Crippen LogP contribution is 2.14. The Labute approximate surface area is 98.5 Å². The van der Waals surface area contributed by atoms with Crippen LogP contribution >= 0.6 is 11.6 Å². The lowest BCUT2D eigenvalue weighted by Crippen LogP contribution is -2.32. The first-order chi connectivity index (χ1) is 6.83. The maximum atomic E-state index is 11.2. The van der Waals surface area contributed by atoms with Gasteiger partial charge in [0.15, 0.2) is 0 Å². The van der Waals surface area contributed by atoms with Crippen molar-refractivity contribution in [3.05, 3.63) is 0 Å². The number of sulfone groups is 1. The van der Waals surface area contributed by atoms with E-state index in [-0.39, 0.29) is 16.9 Å². The fourth-order valence-corrected chi connectivity index (χ4v) is 2.00. The van der Waals surface area contributed by atoms with Crippen molar-refractivity contribution in [2.45, 2.75) is 27.2 Å². The van der Waals surface area contributed by atoms with E-state index < -0.39 is 9.84 Å². The zero-order valence-electron chi connectivity index (χ0n) is 9.85. The Balaban J connectivity index is 3.57. The SMILES string of the molecule is CCS(=O)(=O)CCCNCC(C)(C)CCl. The predicted octanol–water partition coefficient (Wildman–Crippen LogP) is 1.67. The summed E-state index contributed by atoms with van der Waals surface area (Å²) in [4.78, 5) is 0. The van der Waals surface area contributed by atoms with Gasteiger partial charge in [0.1, 0.15) is 9.84 Å². The predicted molar refractivity (Wildman–Crippen MR) is 66.3 cm³/mol. The van der Waals surface area contributed by atoms with E-state index in [0.29, 0.717) is 12.3 Å². The molecule has 0 saturated carbocycles. The molecule has 0 radical (unpaired) electrons. The van der Waals surface area contributed by atoms with Crippen LogP contribution in [0.25, 0.3) is 0 Å². The highest BCUT2D eigenvalue weighted by atomic mass is 35.5. The second-order valence-electron chi connectivity index (χ2n) is 4.56. The van der Waals surface area contributed by atoms with Crippen molar-refractivity contribution in [2.24, 2.45) is 5.41 Å². The zero-order chi connectivity index (χ0) is 11.9. The number of nitrogens with one attached hydrogen (secondary N) is 1. The van der Waals surface area contributed by atoms with Crippen molar-refractivity contribution in [1.29, 1.82) is 0 Å². The number of halogens is 1. The molecule has 0 rings (SSSR count). The van der Waals surface area contributed by atoms with Gasteiger partial charge >= 0.3 is 0 Å². The van der Waals surface area contributed by atoms with Gasteiger partial charge in [-0.3, -0.25) is 0 Å². The number of rotatable bonds is 8. The fourth-order valence-electron chi connectivity index (χ4n) is 1.04. The van der Waals surface area contributed by atoms with Crippen molar-refractivity contribution >= 4 is 21.4 Å². The molecule has 0 amide bonds. The van der Waals surface area contributed by atoms with Gasteiger partial charge < -0.3 is 5.32 Å². The third-order valence-electron chi connectivity index (χ3n) is 2.21. The third-order valence-corrected chi connectivity index (χ3v) is 4.73. The van der Waals surface area contributed by atoms with Gasteiger partial charge in [0.25, 0.3) is 0 Å². The lowest BCUT2D eigenvalue weighted by atomic mass is 9.97. The van der Waals surface area contributed by atoms with Crippen molar-refractivity contribution in [2.75, 3.05) is 30.5 Å². The molecule has 0 unspecified atom stereocenters. The van der Waals surface area contributed by atoms with Gasteiger partial charge in [0.05, 0.1) is 5.75 Å². The molecule has 1 N–H and O–H groups in total. The summed E-state index contributed by atoms with van der Waals surface area (Å²) in [7, 11) is -2.81. The summed E-state index contributed by atoms with van der Waals surface area (Å²) >= 11 is 5.77. The first-order valence-electron chi connectivity index (χ1n) is 5.30. The monoisotopic (exact) mass is 255 g/mol. The average molecular weight is 256 g/mol. The first kappa shape index (κ1) is 15.2. The summed E-state index contributed by atoms with van der Waals surface area (Å²) in [5, 5.41) is 3.22. The molecule has 15 heavy (non-hydrogen) atoms. The minimum Gasteiger partial charge on any atom is -0.316 e. The fraction of sp³-hybridized carbons (Fsp3) is 1.00. The van der Waals surface area contributed by atoms with Crippen molar-refractivity contribution < 1.29 is 8.42 Å². The van der Waals surface area contributed by atoms with Crippen molar-refractivity contribution in [3.63, 3.8) is 0 Å². The molecular formula is C10H22ClNO2S. The Hall–Kier alpha value is 0.200. The molecule has 0 aromatic rings. The van der Waals surface area contributed by atoms with Gasteiger partial charge in [-0.2, -0.15) is 0 Å². The topological polar surface area (TPSA) is 46.2 Å². The van der Waals surface area contributed by atoms with Crippen LogP contribution in [0, 0.1) is 5.41 Å². The molecular weight excluding hydrogens is 234 g/mol. The van der Waals surface area contributed by atoms with E-state index in [4.69, 9.17) is 11.6 Å². The Bertz CT molecular complexity index is 263. The number of hydrogen-bond donors (Lipinski definition) is 1. The maximum absolute atomic E-state index is 11.2. The third kappa shape index (κ3) is 8.05. The minimum absolute atomic E-state index is 0.0746. The highest BCUT2D eigenvalue weighted by Gasteiger charge is 2.15. The summed E-state index contributed by atoms with van der Waals surface area (Å²) in [6, 6.07) is 0. The van der Waals surface area contributed by atoms with Crippen LogP contribution in [0.4, 0.5) is 0 Å². The van der Waals surface area contributed by atoms with Crippen molar-refractivity contribution in [1.82, 2.24) is 5.32 Å². The van der Waals surface area contributed by atoms with E-state index >= 15 is 0 Å². The van der Waals surface area contributed by atoms with Crippen LogP contribution in [-0.2, 0) is 9.84 Å². The van der Waals surface area contributed by atoms with Crippen LogP contribution in [0.5, 0.6) is 0 Å². The van der Waals surface area contributed by atoms with E-state index in [2.05, 4.69) is 19.2 Å². The molecule has 0 aliphatic rings. The van der Waals surface area contributed by atoms with Crippen LogP contribution in [0.2, 0.25) is 0 Å². The lowest BCUT2D eigenvalue weighted by molar-refractivity contribution is 0.386. The van der Waals surface area contributed by atoms with E-state index in [1.165, 1.54) is 0 Å². The summed E-state index contributed by atoms with van der Waals surface area (Å²) in [5.74, 6) is 1.12. The molecule has 0 heterocycles. The smallest absolute Gasteiger partial charge is 0.150 e. The quantitative estimate of drug-likeness (QED) is 0.530. The average Bonchev–Trinajstić information content (AvgIpc) is 2.17. The van der Waals surface area contributed by atoms with Gasteiger partial charge in [0.2, 0.25) is 0 Å². The Kier molecular flexibility index (Phi) is 6.80. The van der Waals surface area contributed by atoms with Crippen LogP contribution in [0.15, 0.2) is 0 Å².